The molecule has 2 amide bonds. The van der Waals surface area contributed by atoms with E-state index in [9.17, 15) is 28.8 Å². The number of hydrogen-bond acceptors (Lipinski definition) is 8. The highest BCUT2D eigenvalue weighted by atomic mass is 16.6. The fourth-order valence-electron chi connectivity index (χ4n) is 2.56. The largest absolute Gasteiger partial charge is 0.481 e. The summed E-state index contributed by atoms with van der Waals surface area (Å²) in [4.78, 5) is 65.4. The molecular formula is C26H30N2O10. The normalized spacial score (nSPS) is 9.68. The molecule has 12 nitrogen and oxygen atoms in total. The molecule has 0 aliphatic carbocycles. The lowest BCUT2D eigenvalue weighted by molar-refractivity contribution is -0.139. The minimum Gasteiger partial charge on any atom is -0.481 e. The van der Waals surface area contributed by atoms with Gasteiger partial charge in [0, 0.05) is 12.8 Å². The Hall–Kier alpha value is -4.74. The third-order valence-corrected chi connectivity index (χ3v) is 4.52. The third-order valence-electron chi connectivity index (χ3n) is 4.52. The summed E-state index contributed by atoms with van der Waals surface area (Å²) in [7, 11) is 0. The number of alkyl carbamates (subject to hydrolysis) is 2. The molecule has 0 atom stereocenters. The lowest BCUT2D eigenvalue weighted by Gasteiger charge is -2.06. The summed E-state index contributed by atoms with van der Waals surface area (Å²) >= 11 is 0. The summed E-state index contributed by atoms with van der Waals surface area (Å²) < 4.78 is 9.77. The van der Waals surface area contributed by atoms with Crippen LogP contribution in [0.2, 0.25) is 0 Å². The highest BCUT2D eigenvalue weighted by Crippen LogP contribution is 2.01. The predicted molar refractivity (Wildman–Crippen MR) is 133 cm³/mol. The van der Waals surface area contributed by atoms with Crippen molar-refractivity contribution in [2.24, 2.45) is 0 Å². The molecule has 0 aliphatic rings. The van der Waals surface area contributed by atoms with Crippen molar-refractivity contribution in [1.29, 1.82) is 0 Å². The van der Waals surface area contributed by atoms with E-state index < -0.39 is 24.1 Å². The van der Waals surface area contributed by atoms with Crippen LogP contribution in [0.5, 0.6) is 0 Å². The quantitative estimate of drug-likeness (QED) is 0.283. The number of carboxylic acid groups (broad SMARTS) is 2. The van der Waals surface area contributed by atoms with Crippen LogP contribution in [0.1, 0.15) is 36.8 Å². The van der Waals surface area contributed by atoms with Gasteiger partial charge in [-0.15, -0.1) is 0 Å². The van der Waals surface area contributed by atoms with Crippen LogP contribution in [0.4, 0.5) is 9.59 Å². The van der Waals surface area contributed by atoms with Crippen molar-refractivity contribution in [3.05, 3.63) is 71.8 Å². The summed E-state index contributed by atoms with van der Waals surface area (Å²) in [6.45, 7) is -0.201. The van der Waals surface area contributed by atoms with Gasteiger partial charge >= 0.3 is 24.1 Å². The van der Waals surface area contributed by atoms with Crippen LogP contribution in [0, 0.1) is 0 Å². The second-order valence-corrected chi connectivity index (χ2v) is 7.70. The van der Waals surface area contributed by atoms with Gasteiger partial charge in [-0.05, 0) is 11.1 Å². The second kappa shape index (κ2) is 18.5. The number of ether oxygens (including phenoxy) is 2. The van der Waals surface area contributed by atoms with Gasteiger partial charge in [0.2, 0.25) is 0 Å². The molecule has 0 unspecified atom stereocenters. The van der Waals surface area contributed by atoms with E-state index in [1.165, 1.54) is 0 Å². The van der Waals surface area contributed by atoms with Crippen molar-refractivity contribution in [1.82, 2.24) is 10.6 Å². The molecular weight excluding hydrogens is 500 g/mol. The number of benzene rings is 2. The maximum atomic E-state index is 11.3. The van der Waals surface area contributed by atoms with Crippen molar-refractivity contribution in [2.45, 2.75) is 38.9 Å². The standard InChI is InChI=1S/2C13H15NO5/c2*15-11(6-7-12(16)17)8-14-13(18)19-9-10-4-2-1-3-5-10/h2*1-5H,6-9H2,(H,14,18)(H,16,17). The monoisotopic (exact) mass is 530 g/mol. The third kappa shape index (κ3) is 16.8. The average Bonchev–Trinajstić information content (AvgIpc) is 2.91. The Labute approximate surface area is 218 Å². The summed E-state index contributed by atoms with van der Waals surface area (Å²) in [5.74, 6) is -2.78. The van der Waals surface area contributed by atoms with Gasteiger partial charge in [0.25, 0.3) is 0 Å². The van der Waals surface area contributed by atoms with Crippen molar-refractivity contribution >= 4 is 35.7 Å². The first kappa shape index (κ1) is 31.3. The molecule has 2 aromatic rings. The topological polar surface area (TPSA) is 185 Å². The minimum atomic E-state index is -1.04. The molecule has 0 aromatic heterocycles. The molecule has 38 heavy (non-hydrogen) atoms. The summed E-state index contributed by atoms with van der Waals surface area (Å²) in [6.07, 6.45) is -2.08. The zero-order valence-corrected chi connectivity index (χ0v) is 20.6. The summed E-state index contributed by atoms with van der Waals surface area (Å²) in [5, 5.41) is 21.3. The molecule has 4 N–H and O–H groups in total. The number of nitrogens with one attached hydrogen (secondary N) is 2. The van der Waals surface area contributed by atoms with E-state index in [1.807, 2.05) is 60.7 Å². The second-order valence-electron chi connectivity index (χ2n) is 7.70. The van der Waals surface area contributed by atoms with E-state index in [2.05, 4.69) is 10.6 Å². The van der Waals surface area contributed by atoms with E-state index >= 15 is 0 Å². The molecule has 12 heteroatoms. The van der Waals surface area contributed by atoms with Crippen molar-refractivity contribution in [3.8, 4) is 0 Å². The average molecular weight is 531 g/mol. The van der Waals surface area contributed by atoms with Gasteiger partial charge in [-0.2, -0.15) is 0 Å². The molecule has 2 aromatic carbocycles. The van der Waals surface area contributed by atoms with Gasteiger partial charge in [0.15, 0.2) is 11.6 Å². The number of carbonyl (C=O) groups excluding carboxylic acids is 4. The molecule has 0 radical (unpaired) electrons. The first-order chi connectivity index (χ1) is 18.2. The van der Waals surface area contributed by atoms with E-state index in [0.717, 1.165) is 11.1 Å². The predicted octanol–water partition coefficient (Wildman–Crippen LogP) is 2.69. The van der Waals surface area contributed by atoms with E-state index in [-0.39, 0.29) is 63.6 Å². The van der Waals surface area contributed by atoms with Gasteiger partial charge in [-0.25, -0.2) is 9.59 Å². The van der Waals surface area contributed by atoms with E-state index in [1.54, 1.807) is 0 Å². The zero-order valence-electron chi connectivity index (χ0n) is 20.6. The number of carboxylic acids is 2. The zero-order chi connectivity index (χ0) is 28.2. The Bertz CT molecular complexity index is 973. The number of rotatable bonds is 14. The molecule has 0 heterocycles. The van der Waals surface area contributed by atoms with Gasteiger partial charge < -0.3 is 30.3 Å². The van der Waals surface area contributed by atoms with E-state index in [4.69, 9.17) is 19.7 Å². The maximum Gasteiger partial charge on any atom is 0.407 e. The lowest BCUT2D eigenvalue weighted by atomic mass is 10.2. The fraction of sp³-hybridized carbons (Fsp3) is 0.308. The van der Waals surface area contributed by atoms with Gasteiger partial charge in [0.1, 0.15) is 13.2 Å². The molecule has 204 valence electrons. The molecule has 0 saturated heterocycles. The van der Waals surface area contributed by atoms with Crippen molar-refractivity contribution in [2.75, 3.05) is 13.1 Å². The first-order valence-electron chi connectivity index (χ1n) is 11.5. The van der Waals surface area contributed by atoms with Crippen LogP contribution in [-0.4, -0.2) is 59.0 Å². The molecule has 0 fully saturated rings. The Kier molecular flexibility index (Phi) is 15.2. The van der Waals surface area contributed by atoms with Crippen LogP contribution in [0.3, 0.4) is 0 Å². The highest BCUT2D eigenvalue weighted by Gasteiger charge is 2.09. The van der Waals surface area contributed by atoms with Crippen LogP contribution in [0.25, 0.3) is 0 Å². The van der Waals surface area contributed by atoms with Gasteiger partial charge in [-0.3, -0.25) is 19.2 Å². The number of amides is 2. The molecule has 0 spiro atoms. The first-order valence-corrected chi connectivity index (χ1v) is 11.5. The number of ketones is 2. The highest BCUT2D eigenvalue weighted by molar-refractivity contribution is 5.87. The number of carbonyl (C=O) groups is 6. The Morgan fingerprint density at radius 3 is 1.21 bits per heavy atom. The fourth-order valence-corrected chi connectivity index (χ4v) is 2.56. The molecule has 0 bridgehead atoms. The Morgan fingerprint density at radius 2 is 0.895 bits per heavy atom. The Morgan fingerprint density at radius 1 is 0.553 bits per heavy atom. The number of aliphatic carboxylic acids is 2. The van der Waals surface area contributed by atoms with Gasteiger partial charge in [-0.1, -0.05) is 60.7 Å². The molecule has 0 aliphatic heterocycles. The van der Waals surface area contributed by atoms with Crippen LogP contribution in [0.15, 0.2) is 60.7 Å². The van der Waals surface area contributed by atoms with Crippen LogP contribution >= 0.6 is 0 Å². The van der Waals surface area contributed by atoms with Gasteiger partial charge in [0.05, 0.1) is 25.9 Å². The SMILES string of the molecule is O=C(O)CCC(=O)CNC(=O)OCc1ccccc1.O=C(O)CCC(=O)CNC(=O)OCc1ccccc1. The van der Waals surface area contributed by atoms with Crippen molar-refractivity contribution in [3.63, 3.8) is 0 Å². The maximum absolute atomic E-state index is 11.3. The van der Waals surface area contributed by atoms with Crippen LogP contribution < -0.4 is 10.6 Å². The number of hydrogen-bond donors (Lipinski definition) is 4. The lowest BCUT2D eigenvalue weighted by Crippen LogP contribution is -2.30. The minimum absolute atomic E-state index is 0.103. The molecule has 2 rings (SSSR count). The summed E-state index contributed by atoms with van der Waals surface area (Å²) in [5.41, 5.74) is 1.68. The van der Waals surface area contributed by atoms with E-state index in [0.29, 0.717) is 0 Å². The smallest absolute Gasteiger partial charge is 0.407 e. The van der Waals surface area contributed by atoms with Crippen molar-refractivity contribution < 1.29 is 48.5 Å². The Balaban J connectivity index is 0.000000380. The number of Topliss-reactive ketones (excluding diaryl/α,β-unsaturated/α-hetero) is 2. The van der Waals surface area contributed by atoms with Crippen LogP contribution in [-0.2, 0) is 41.9 Å². The summed E-state index contributed by atoms with van der Waals surface area (Å²) in [6, 6.07) is 18.2. The molecule has 0 saturated carbocycles.